The highest BCUT2D eigenvalue weighted by atomic mass is 19.1. The Morgan fingerprint density at radius 2 is 1.84 bits per heavy atom. The standard InChI is InChI=1S/C24H25FN4O2/c1-13-21(12-19-18-11-15(25)5-10-20(18)28-23(19)30)26-14(2)22(13)24(31)27-16-6-8-17(9-7-16)29(3)4/h5-13,19,26H,1-4H3,(H,27,31)(H,28,30). The summed E-state index contributed by atoms with van der Waals surface area (Å²) in [4.78, 5) is 27.4. The third kappa shape index (κ3) is 3.91. The number of nitrogens with zero attached hydrogens (tertiary/aromatic N) is 1. The number of benzene rings is 2. The number of rotatable bonds is 4. The predicted octanol–water partition coefficient (Wildman–Crippen LogP) is 3.96. The van der Waals surface area contributed by atoms with E-state index in [1.54, 1.807) is 12.1 Å². The first-order valence-corrected chi connectivity index (χ1v) is 10.1. The minimum absolute atomic E-state index is 0.194. The zero-order chi connectivity index (χ0) is 22.3. The number of halogens is 1. The monoisotopic (exact) mass is 420 g/mol. The summed E-state index contributed by atoms with van der Waals surface area (Å²) < 4.78 is 13.7. The van der Waals surface area contributed by atoms with Gasteiger partial charge in [0, 0.05) is 54.0 Å². The third-order valence-corrected chi connectivity index (χ3v) is 5.76. The lowest BCUT2D eigenvalue weighted by molar-refractivity contribution is -0.116. The fraction of sp³-hybridized carbons (Fsp3) is 0.250. The fourth-order valence-electron chi connectivity index (χ4n) is 4.07. The zero-order valence-electron chi connectivity index (χ0n) is 17.9. The molecule has 2 unspecified atom stereocenters. The Labute approximate surface area is 180 Å². The van der Waals surface area contributed by atoms with Crippen molar-refractivity contribution in [2.24, 2.45) is 5.92 Å². The molecule has 0 radical (unpaired) electrons. The highest BCUT2D eigenvalue weighted by Gasteiger charge is 2.34. The summed E-state index contributed by atoms with van der Waals surface area (Å²) in [6.45, 7) is 3.75. The topological polar surface area (TPSA) is 73.5 Å². The molecule has 3 N–H and O–H groups in total. The molecule has 0 aromatic heterocycles. The number of carbonyl (C=O) groups excluding carboxylic acids is 2. The van der Waals surface area contributed by atoms with E-state index in [1.165, 1.54) is 12.1 Å². The van der Waals surface area contributed by atoms with Crippen LogP contribution in [0.3, 0.4) is 0 Å². The van der Waals surface area contributed by atoms with Gasteiger partial charge in [-0.3, -0.25) is 9.59 Å². The van der Waals surface area contributed by atoms with Crippen molar-refractivity contribution < 1.29 is 14.0 Å². The van der Waals surface area contributed by atoms with Crippen molar-refractivity contribution in [3.63, 3.8) is 0 Å². The van der Waals surface area contributed by atoms with E-state index in [-0.39, 0.29) is 23.5 Å². The van der Waals surface area contributed by atoms with Crippen LogP contribution in [0.15, 0.2) is 65.5 Å². The number of anilines is 3. The van der Waals surface area contributed by atoms with Crippen molar-refractivity contribution in [1.29, 1.82) is 0 Å². The molecule has 2 aromatic carbocycles. The highest BCUT2D eigenvalue weighted by molar-refractivity contribution is 6.06. The second kappa shape index (κ2) is 7.91. The maximum atomic E-state index is 13.7. The predicted molar refractivity (Wildman–Crippen MR) is 120 cm³/mol. The van der Waals surface area contributed by atoms with Crippen LogP contribution in [0.1, 0.15) is 25.3 Å². The lowest BCUT2D eigenvalue weighted by atomic mass is 9.94. The molecule has 7 heteroatoms. The van der Waals surface area contributed by atoms with Gasteiger partial charge in [0.1, 0.15) is 5.82 Å². The quantitative estimate of drug-likeness (QED) is 0.700. The lowest BCUT2D eigenvalue weighted by Gasteiger charge is -2.14. The van der Waals surface area contributed by atoms with Gasteiger partial charge in [-0.2, -0.15) is 0 Å². The van der Waals surface area contributed by atoms with Gasteiger partial charge in [0.2, 0.25) is 5.91 Å². The van der Waals surface area contributed by atoms with Crippen LogP contribution in [0.25, 0.3) is 0 Å². The number of nitrogens with one attached hydrogen (secondary N) is 3. The summed E-state index contributed by atoms with van der Waals surface area (Å²) in [5.74, 6) is -1.63. The van der Waals surface area contributed by atoms with Crippen LogP contribution in [-0.2, 0) is 9.59 Å². The van der Waals surface area contributed by atoms with E-state index in [4.69, 9.17) is 0 Å². The van der Waals surface area contributed by atoms with Gasteiger partial charge in [0.25, 0.3) is 5.91 Å². The molecule has 2 aliphatic rings. The van der Waals surface area contributed by atoms with Crippen LogP contribution in [0.5, 0.6) is 0 Å². The Bertz CT molecular complexity index is 1120. The largest absolute Gasteiger partial charge is 0.378 e. The molecule has 2 amide bonds. The zero-order valence-corrected chi connectivity index (χ0v) is 17.9. The Kier molecular flexibility index (Phi) is 5.27. The third-order valence-electron chi connectivity index (χ3n) is 5.76. The molecule has 0 bridgehead atoms. The van der Waals surface area contributed by atoms with E-state index < -0.39 is 5.92 Å². The molecular formula is C24H25FN4O2. The number of hydrogen-bond donors (Lipinski definition) is 3. The SMILES string of the molecule is CC1=C(C(=O)Nc2ccc(N(C)C)cc2)C(C)C(=CC2C(=O)Nc3ccc(F)cc32)N1. The van der Waals surface area contributed by atoms with Crippen molar-refractivity contribution in [3.05, 3.63) is 76.9 Å². The first-order valence-electron chi connectivity index (χ1n) is 10.1. The molecular weight excluding hydrogens is 395 g/mol. The fourth-order valence-corrected chi connectivity index (χ4v) is 4.07. The van der Waals surface area contributed by atoms with Crippen molar-refractivity contribution in [1.82, 2.24) is 5.32 Å². The maximum Gasteiger partial charge on any atom is 0.254 e. The summed E-state index contributed by atoms with van der Waals surface area (Å²) in [5.41, 5.74) is 5.06. The van der Waals surface area contributed by atoms with Crippen molar-refractivity contribution in [2.45, 2.75) is 19.8 Å². The minimum atomic E-state index is -0.607. The van der Waals surface area contributed by atoms with Gasteiger partial charge >= 0.3 is 0 Å². The molecule has 4 rings (SSSR count). The Morgan fingerprint density at radius 1 is 1.13 bits per heavy atom. The van der Waals surface area contributed by atoms with Crippen LogP contribution in [0.4, 0.5) is 21.5 Å². The molecule has 2 atom stereocenters. The van der Waals surface area contributed by atoms with E-state index in [1.807, 2.05) is 57.1 Å². The number of hydrogen-bond acceptors (Lipinski definition) is 4. The first kappa shape index (κ1) is 20.7. The molecule has 2 aliphatic heterocycles. The molecule has 0 saturated heterocycles. The van der Waals surface area contributed by atoms with Crippen molar-refractivity contribution in [2.75, 3.05) is 29.6 Å². The van der Waals surface area contributed by atoms with Crippen molar-refractivity contribution >= 4 is 28.9 Å². The minimum Gasteiger partial charge on any atom is -0.378 e. The first-order chi connectivity index (χ1) is 14.7. The summed E-state index contributed by atoms with van der Waals surface area (Å²) in [5, 5.41) is 8.96. The van der Waals surface area contributed by atoms with E-state index in [9.17, 15) is 14.0 Å². The van der Waals surface area contributed by atoms with Gasteiger partial charge in [0.05, 0.1) is 5.92 Å². The smallest absolute Gasteiger partial charge is 0.254 e. The highest BCUT2D eigenvalue weighted by Crippen LogP contribution is 2.37. The second-order valence-electron chi connectivity index (χ2n) is 8.10. The van der Waals surface area contributed by atoms with Gasteiger partial charge in [-0.1, -0.05) is 6.92 Å². The summed E-state index contributed by atoms with van der Waals surface area (Å²) in [7, 11) is 3.91. The lowest BCUT2D eigenvalue weighted by Crippen LogP contribution is -2.19. The number of carbonyl (C=O) groups is 2. The van der Waals surface area contributed by atoms with Gasteiger partial charge in [-0.15, -0.1) is 0 Å². The Balaban J connectivity index is 1.53. The average Bonchev–Trinajstić information content (AvgIpc) is 3.17. The van der Waals surface area contributed by atoms with Gasteiger partial charge in [-0.05, 0) is 61.0 Å². The van der Waals surface area contributed by atoms with Gasteiger partial charge in [0.15, 0.2) is 0 Å². The van der Waals surface area contributed by atoms with Crippen LogP contribution < -0.4 is 20.9 Å². The molecule has 2 heterocycles. The molecule has 0 fully saturated rings. The van der Waals surface area contributed by atoms with Gasteiger partial charge < -0.3 is 20.9 Å². The summed E-state index contributed by atoms with van der Waals surface area (Å²) in [6.07, 6.45) is 1.78. The molecule has 0 spiro atoms. The normalized spacial score (nSPS) is 21.1. The van der Waals surface area contributed by atoms with E-state index >= 15 is 0 Å². The van der Waals surface area contributed by atoms with Crippen LogP contribution in [0.2, 0.25) is 0 Å². The molecule has 160 valence electrons. The van der Waals surface area contributed by atoms with Crippen LogP contribution in [0, 0.1) is 11.7 Å². The molecule has 0 saturated carbocycles. The Hall–Kier alpha value is -3.61. The van der Waals surface area contributed by atoms with E-state index in [0.717, 1.165) is 17.1 Å². The van der Waals surface area contributed by atoms with Crippen LogP contribution in [-0.4, -0.2) is 25.9 Å². The number of fused-ring (bicyclic) bond motifs is 1. The molecule has 6 nitrogen and oxygen atoms in total. The molecule has 31 heavy (non-hydrogen) atoms. The summed E-state index contributed by atoms with van der Waals surface area (Å²) in [6, 6.07) is 11.9. The van der Waals surface area contributed by atoms with Crippen LogP contribution >= 0.6 is 0 Å². The molecule has 0 aliphatic carbocycles. The average molecular weight is 420 g/mol. The van der Waals surface area contributed by atoms with E-state index in [2.05, 4.69) is 16.0 Å². The van der Waals surface area contributed by atoms with Gasteiger partial charge in [-0.25, -0.2) is 4.39 Å². The van der Waals surface area contributed by atoms with E-state index in [0.29, 0.717) is 22.5 Å². The molecule has 2 aromatic rings. The number of amides is 2. The maximum absolute atomic E-state index is 13.7. The summed E-state index contributed by atoms with van der Waals surface area (Å²) >= 11 is 0. The Morgan fingerprint density at radius 3 is 2.52 bits per heavy atom. The number of allylic oxidation sites excluding steroid dienone is 2. The van der Waals surface area contributed by atoms with Crippen molar-refractivity contribution in [3.8, 4) is 0 Å². The second-order valence-corrected chi connectivity index (χ2v) is 8.10.